The van der Waals surface area contributed by atoms with Gasteiger partial charge in [-0.1, -0.05) is 0 Å². The highest BCUT2D eigenvalue weighted by Crippen LogP contribution is 2.20. The Morgan fingerprint density at radius 1 is 0.643 bits per heavy atom. The van der Waals surface area contributed by atoms with E-state index in [2.05, 4.69) is 9.80 Å². The van der Waals surface area contributed by atoms with E-state index in [4.69, 9.17) is 41.9 Å². The summed E-state index contributed by atoms with van der Waals surface area (Å²) in [7, 11) is 0. The van der Waals surface area contributed by atoms with Crippen molar-refractivity contribution in [2.24, 2.45) is 11.5 Å². The number of benzene rings is 2. The van der Waals surface area contributed by atoms with E-state index in [0.29, 0.717) is 47.2 Å². The standard InChI is InChI=1S/2C14H21N3O3.2ClH/c2*15-12-8-11(14(16)18)9-13(10-12)20-5-1-2-17-3-6-19-7-4-17;;/h2*8-10H,1-7,15H2,(H2,16,18);2*1H. The molecule has 2 amide bonds. The van der Waals surface area contributed by atoms with Crippen molar-refractivity contribution in [3.05, 3.63) is 47.5 Å². The van der Waals surface area contributed by atoms with Crippen molar-refractivity contribution < 1.29 is 28.5 Å². The number of primary amides is 2. The molecule has 12 nitrogen and oxygen atoms in total. The Morgan fingerprint density at radius 2 is 1.00 bits per heavy atom. The summed E-state index contributed by atoms with van der Waals surface area (Å²) in [6.07, 6.45) is 1.83. The van der Waals surface area contributed by atoms with Crippen molar-refractivity contribution in [1.29, 1.82) is 0 Å². The molecule has 14 heteroatoms. The molecule has 42 heavy (non-hydrogen) atoms. The Morgan fingerprint density at radius 3 is 1.33 bits per heavy atom. The molecule has 8 N–H and O–H groups in total. The summed E-state index contributed by atoms with van der Waals surface area (Å²) in [5.74, 6) is 0.160. The van der Waals surface area contributed by atoms with Gasteiger partial charge in [0.1, 0.15) is 11.5 Å². The molecular formula is C28H44Cl2N6O6. The fourth-order valence-corrected chi connectivity index (χ4v) is 4.30. The second-order valence-corrected chi connectivity index (χ2v) is 9.62. The normalized spacial score (nSPS) is 15.2. The van der Waals surface area contributed by atoms with E-state index in [1.807, 2.05) is 0 Å². The van der Waals surface area contributed by atoms with Gasteiger partial charge in [0, 0.05) is 73.9 Å². The number of amides is 2. The number of morpholine rings is 2. The molecule has 2 saturated heterocycles. The maximum absolute atomic E-state index is 11.1. The maximum Gasteiger partial charge on any atom is 0.248 e. The highest BCUT2D eigenvalue weighted by molar-refractivity contribution is 5.94. The second-order valence-electron chi connectivity index (χ2n) is 9.62. The van der Waals surface area contributed by atoms with Crippen LogP contribution in [0, 0.1) is 0 Å². The van der Waals surface area contributed by atoms with Gasteiger partial charge in [-0.05, 0) is 37.1 Å². The lowest BCUT2D eigenvalue weighted by Gasteiger charge is -2.26. The van der Waals surface area contributed by atoms with Crippen LogP contribution in [0.4, 0.5) is 11.4 Å². The molecule has 236 valence electrons. The monoisotopic (exact) mass is 630 g/mol. The Bertz CT molecular complexity index is 1020. The van der Waals surface area contributed by atoms with Crippen molar-refractivity contribution in [1.82, 2.24) is 9.80 Å². The van der Waals surface area contributed by atoms with Crippen LogP contribution in [-0.4, -0.2) is 101 Å². The van der Waals surface area contributed by atoms with Crippen LogP contribution in [0.1, 0.15) is 33.6 Å². The number of anilines is 2. The van der Waals surface area contributed by atoms with Gasteiger partial charge in [-0.25, -0.2) is 0 Å². The van der Waals surface area contributed by atoms with E-state index in [1.54, 1.807) is 36.4 Å². The quantitative estimate of drug-likeness (QED) is 0.199. The first-order valence-electron chi connectivity index (χ1n) is 13.6. The Labute approximate surface area is 259 Å². The summed E-state index contributed by atoms with van der Waals surface area (Å²) in [5.41, 5.74) is 23.6. The summed E-state index contributed by atoms with van der Waals surface area (Å²) in [4.78, 5) is 27.0. The first kappa shape index (κ1) is 37.0. The van der Waals surface area contributed by atoms with Crippen molar-refractivity contribution >= 4 is 48.0 Å². The van der Waals surface area contributed by atoms with Crippen LogP contribution in [0.25, 0.3) is 0 Å². The number of nitrogens with two attached hydrogens (primary N) is 4. The molecule has 2 aromatic carbocycles. The lowest BCUT2D eigenvalue weighted by Crippen LogP contribution is -2.37. The number of ether oxygens (including phenoxy) is 4. The average Bonchev–Trinajstić information content (AvgIpc) is 2.94. The van der Waals surface area contributed by atoms with Gasteiger partial charge in [0.05, 0.1) is 39.6 Å². The highest BCUT2D eigenvalue weighted by Gasteiger charge is 2.11. The van der Waals surface area contributed by atoms with E-state index in [0.717, 1.165) is 78.5 Å². The second kappa shape index (κ2) is 20.0. The molecule has 0 bridgehead atoms. The van der Waals surface area contributed by atoms with E-state index < -0.39 is 11.8 Å². The van der Waals surface area contributed by atoms with Crippen molar-refractivity contribution in [2.45, 2.75) is 12.8 Å². The minimum Gasteiger partial charge on any atom is -0.493 e. The first-order chi connectivity index (χ1) is 19.3. The number of rotatable bonds is 12. The molecule has 2 fully saturated rings. The fourth-order valence-electron chi connectivity index (χ4n) is 4.30. The average molecular weight is 632 g/mol. The maximum atomic E-state index is 11.1. The number of hydrogen-bond acceptors (Lipinski definition) is 10. The lowest BCUT2D eigenvalue weighted by molar-refractivity contribution is 0.0357. The molecule has 0 saturated carbocycles. The number of hydrogen-bond donors (Lipinski definition) is 4. The molecule has 0 spiro atoms. The molecule has 0 atom stereocenters. The fraction of sp³-hybridized carbons (Fsp3) is 0.500. The predicted molar refractivity (Wildman–Crippen MR) is 168 cm³/mol. The van der Waals surface area contributed by atoms with Crippen molar-refractivity contribution in [3.8, 4) is 11.5 Å². The molecule has 0 radical (unpaired) electrons. The van der Waals surface area contributed by atoms with Gasteiger partial charge in [0.2, 0.25) is 11.8 Å². The van der Waals surface area contributed by atoms with Crippen LogP contribution >= 0.6 is 24.8 Å². The Balaban J connectivity index is 0.000000401. The van der Waals surface area contributed by atoms with E-state index in [1.165, 1.54) is 0 Å². The van der Waals surface area contributed by atoms with Gasteiger partial charge in [0.15, 0.2) is 0 Å². The summed E-state index contributed by atoms with van der Waals surface area (Å²) in [6.45, 7) is 10.2. The van der Waals surface area contributed by atoms with Gasteiger partial charge in [-0.2, -0.15) is 0 Å². The molecule has 2 aromatic rings. The van der Waals surface area contributed by atoms with Crippen LogP contribution in [0.3, 0.4) is 0 Å². The number of halogens is 2. The van der Waals surface area contributed by atoms with E-state index in [-0.39, 0.29) is 24.8 Å². The number of carbonyl (C=O) groups excluding carboxylic acids is 2. The molecule has 2 heterocycles. The van der Waals surface area contributed by atoms with Gasteiger partial charge < -0.3 is 41.9 Å². The van der Waals surface area contributed by atoms with Crippen LogP contribution in [0.15, 0.2) is 36.4 Å². The first-order valence-corrected chi connectivity index (χ1v) is 13.6. The molecule has 2 aliphatic heterocycles. The van der Waals surface area contributed by atoms with Gasteiger partial charge in [-0.15, -0.1) is 24.8 Å². The van der Waals surface area contributed by atoms with Crippen LogP contribution in [0.2, 0.25) is 0 Å². The van der Waals surface area contributed by atoms with E-state index >= 15 is 0 Å². The third-order valence-electron chi connectivity index (χ3n) is 6.41. The zero-order chi connectivity index (χ0) is 28.7. The summed E-state index contributed by atoms with van der Waals surface area (Å²) >= 11 is 0. The minimum absolute atomic E-state index is 0. The SMILES string of the molecule is Cl.Cl.NC(=O)c1cc(N)cc(OCCCN2CCOCC2)c1.NC(=O)c1cc(N)cc(OCCCN2CCOCC2)c1. The number of nitrogen functional groups attached to an aromatic ring is 2. The van der Waals surface area contributed by atoms with Gasteiger partial charge >= 0.3 is 0 Å². The largest absolute Gasteiger partial charge is 0.493 e. The smallest absolute Gasteiger partial charge is 0.248 e. The Kier molecular flexibility index (Phi) is 17.6. The minimum atomic E-state index is -0.504. The third-order valence-corrected chi connectivity index (χ3v) is 6.41. The predicted octanol–water partition coefficient (Wildman–Crippen LogP) is 1.78. The molecule has 0 unspecified atom stereocenters. The molecular weight excluding hydrogens is 587 g/mol. The van der Waals surface area contributed by atoms with Crippen molar-refractivity contribution in [2.75, 3.05) is 90.4 Å². The topological polar surface area (TPSA) is 182 Å². The number of nitrogens with zero attached hydrogens (tertiary/aromatic N) is 2. The molecule has 0 aromatic heterocycles. The molecule has 2 aliphatic rings. The van der Waals surface area contributed by atoms with Gasteiger partial charge in [-0.3, -0.25) is 19.4 Å². The van der Waals surface area contributed by atoms with Crippen LogP contribution in [0.5, 0.6) is 11.5 Å². The summed E-state index contributed by atoms with van der Waals surface area (Å²) in [5, 5.41) is 0. The zero-order valence-electron chi connectivity index (χ0n) is 23.8. The third kappa shape index (κ3) is 13.8. The van der Waals surface area contributed by atoms with E-state index in [9.17, 15) is 9.59 Å². The molecule has 0 aliphatic carbocycles. The highest BCUT2D eigenvalue weighted by atomic mass is 35.5. The Hall–Kier alpha value is -3.00. The molecule has 4 rings (SSSR count). The van der Waals surface area contributed by atoms with Gasteiger partial charge in [0.25, 0.3) is 0 Å². The lowest BCUT2D eigenvalue weighted by atomic mass is 10.2. The summed E-state index contributed by atoms with van der Waals surface area (Å²) < 4.78 is 21.8. The van der Waals surface area contributed by atoms with Crippen LogP contribution in [-0.2, 0) is 9.47 Å². The van der Waals surface area contributed by atoms with Crippen LogP contribution < -0.4 is 32.4 Å². The zero-order valence-corrected chi connectivity index (χ0v) is 25.5. The summed E-state index contributed by atoms with van der Waals surface area (Å²) in [6, 6.07) is 9.72. The van der Waals surface area contributed by atoms with Crippen molar-refractivity contribution in [3.63, 3.8) is 0 Å². The number of carbonyl (C=O) groups is 2.